The number of ketones is 1. The molecule has 0 heterocycles. The zero-order valence-corrected chi connectivity index (χ0v) is 6.76. The zero-order chi connectivity index (χ0) is 8.69. The van der Waals surface area contributed by atoms with Crippen LogP contribution in [0.1, 0.15) is 26.2 Å². The van der Waals surface area contributed by atoms with Gasteiger partial charge in [-0.2, -0.15) is 0 Å². The molecule has 63 valence electrons. The van der Waals surface area contributed by atoms with Crippen LogP contribution in [0.4, 0.5) is 0 Å². The van der Waals surface area contributed by atoms with Crippen LogP contribution in [0.25, 0.3) is 0 Å². The van der Waals surface area contributed by atoms with Crippen molar-refractivity contribution in [3.63, 3.8) is 0 Å². The fraction of sp³-hybridized carbons (Fsp3) is 0.625. The highest BCUT2D eigenvalue weighted by molar-refractivity contribution is 5.76. The van der Waals surface area contributed by atoms with E-state index in [1.54, 1.807) is 0 Å². The lowest BCUT2D eigenvalue weighted by Crippen LogP contribution is -2.07. The second-order valence-corrected chi connectivity index (χ2v) is 2.28. The molecule has 3 nitrogen and oxygen atoms in total. The summed E-state index contributed by atoms with van der Waals surface area (Å²) in [7, 11) is 0. The summed E-state index contributed by atoms with van der Waals surface area (Å²) in [6, 6.07) is 0. The van der Waals surface area contributed by atoms with Crippen molar-refractivity contribution in [1.82, 2.24) is 0 Å². The van der Waals surface area contributed by atoms with Gasteiger partial charge in [0.25, 0.3) is 0 Å². The Morgan fingerprint density at radius 2 is 2.00 bits per heavy atom. The number of hydrogen-bond donors (Lipinski definition) is 0. The third-order valence-electron chi connectivity index (χ3n) is 1.10. The number of Topliss-reactive ketones (excluding diaryl/α,β-unsaturated/α-hetero) is 1. The summed E-state index contributed by atoms with van der Waals surface area (Å²) in [6.07, 6.45) is 1.18. The first-order valence-corrected chi connectivity index (χ1v) is 3.61. The predicted octanol–water partition coefficient (Wildman–Crippen LogP) is 1.12. The molecule has 0 rings (SSSR count). The highest BCUT2D eigenvalue weighted by Gasteiger charge is 2.00. The Kier molecular flexibility index (Phi) is 5.43. The summed E-state index contributed by atoms with van der Waals surface area (Å²) in [5.41, 5.74) is 0. The van der Waals surface area contributed by atoms with Crippen LogP contribution in [0.2, 0.25) is 0 Å². The molecule has 0 unspecified atom stereocenters. The van der Waals surface area contributed by atoms with Gasteiger partial charge in [-0.05, 0) is 13.3 Å². The summed E-state index contributed by atoms with van der Waals surface area (Å²) in [6.45, 7) is 5.17. The van der Waals surface area contributed by atoms with Gasteiger partial charge in [0.15, 0.2) is 0 Å². The summed E-state index contributed by atoms with van der Waals surface area (Å²) in [5.74, 6) is -0.242. The third kappa shape index (κ3) is 7.03. The average Bonchev–Trinajstić information content (AvgIpc) is 1.87. The summed E-state index contributed by atoms with van der Waals surface area (Å²) in [5, 5.41) is 0. The van der Waals surface area contributed by atoms with E-state index >= 15 is 0 Å². The highest BCUT2D eigenvalue weighted by atomic mass is 16.5. The SMILES string of the molecule is [CH2]CCC(=O)OCCC(C)=O. The van der Waals surface area contributed by atoms with E-state index in [1.165, 1.54) is 6.92 Å². The van der Waals surface area contributed by atoms with Gasteiger partial charge in [-0.25, -0.2) is 0 Å². The largest absolute Gasteiger partial charge is 0.465 e. The summed E-state index contributed by atoms with van der Waals surface area (Å²) in [4.78, 5) is 21.0. The molecule has 0 aromatic rings. The van der Waals surface area contributed by atoms with E-state index in [-0.39, 0.29) is 18.4 Å². The van der Waals surface area contributed by atoms with E-state index in [2.05, 4.69) is 6.92 Å². The van der Waals surface area contributed by atoms with Crippen LogP contribution in [0.5, 0.6) is 0 Å². The molecule has 11 heavy (non-hydrogen) atoms. The van der Waals surface area contributed by atoms with Crippen molar-refractivity contribution in [2.24, 2.45) is 0 Å². The van der Waals surface area contributed by atoms with E-state index in [9.17, 15) is 9.59 Å². The van der Waals surface area contributed by atoms with Gasteiger partial charge >= 0.3 is 5.97 Å². The quantitative estimate of drug-likeness (QED) is 0.562. The molecule has 0 aliphatic rings. The molecule has 0 aromatic carbocycles. The lowest BCUT2D eigenvalue weighted by Gasteiger charge is -2.00. The van der Waals surface area contributed by atoms with Gasteiger partial charge in [-0.3, -0.25) is 9.59 Å². The van der Waals surface area contributed by atoms with Crippen molar-refractivity contribution in [1.29, 1.82) is 0 Å². The fourth-order valence-electron chi connectivity index (χ4n) is 0.525. The summed E-state index contributed by atoms with van der Waals surface area (Å²) >= 11 is 0. The third-order valence-corrected chi connectivity index (χ3v) is 1.10. The van der Waals surface area contributed by atoms with Crippen LogP contribution in [-0.2, 0) is 14.3 Å². The summed E-state index contributed by atoms with van der Waals surface area (Å²) < 4.78 is 4.69. The maximum atomic E-state index is 10.7. The Morgan fingerprint density at radius 1 is 1.36 bits per heavy atom. The normalized spacial score (nSPS) is 9.27. The highest BCUT2D eigenvalue weighted by Crippen LogP contribution is 1.92. The van der Waals surface area contributed by atoms with Gasteiger partial charge in [-0.15, -0.1) is 0 Å². The minimum absolute atomic E-state index is 0.0347. The molecule has 0 atom stereocenters. The minimum Gasteiger partial charge on any atom is -0.465 e. The number of hydrogen-bond acceptors (Lipinski definition) is 3. The topological polar surface area (TPSA) is 43.4 Å². The van der Waals surface area contributed by atoms with Crippen molar-refractivity contribution in [2.75, 3.05) is 6.61 Å². The molecule has 0 amide bonds. The Morgan fingerprint density at radius 3 is 2.45 bits per heavy atom. The van der Waals surface area contributed by atoms with Crippen molar-refractivity contribution in [3.05, 3.63) is 6.92 Å². The van der Waals surface area contributed by atoms with Crippen LogP contribution in [0.15, 0.2) is 0 Å². The number of rotatable bonds is 5. The number of carbonyl (C=O) groups excluding carboxylic acids is 2. The molecule has 0 spiro atoms. The first-order valence-electron chi connectivity index (χ1n) is 3.61. The standard InChI is InChI=1S/C8H13O3/c1-3-4-8(10)11-6-5-7(2)9/h1,3-6H2,2H3. The van der Waals surface area contributed by atoms with Crippen LogP contribution in [0, 0.1) is 6.92 Å². The predicted molar refractivity (Wildman–Crippen MR) is 40.8 cm³/mol. The molecule has 0 aromatic heterocycles. The van der Waals surface area contributed by atoms with Crippen molar-refractivity contribution >= 4 is 11.8 Å². The van der Waals surface area contributed by atoms with Crippen molar-refractivity contribution in [2.45, 2.75) is 26.2 Å². The molecule has 0 N–H and O–H groups in total. The smallest absolute Gasteiger partial charge is 0.305 e. The van der Waals surface area contributed by atoms with Crippen LogP contribution in [0.3, 0.4) is 0 Å². The van der Waals surface area contributed by atoms with Gasteiger partial charge in [-0.1, -0.05) is 6.92 Å². The molecule has 1 radical (unpaired) electrons. The van der Waals surface area contributed by atoms with E-state index in [4.69, 9.17) is 4.74 Å². The van der Waals surface area contributed by atoms with Gasteiger partial charge in [0.2, 0.25) is 0 Å². The molecule has 0 bridgehead atoms. The maximum Gasteiger partial charge on any atom is 0.305 e. The molecule has 0 fully saturated rings. The van der Waals surface area contributed by atoms with Crippen LogP contribution in [-0.4, -0.2) is 18.4 Å². The fourth-order valence-corrected chi connectivity index (χ4v) is 0.525. The average molecular weight is 157 g/mol. The Hall–Kier alpha value is -0.860. The zero-order valence-electron chi connectivity index (χ0n) is 6.76. The lowest BCUT2D eigenvalue weighted by atomic mass is 10.3. The molecule has 3 heteroatoms. The van der Waals surface area contributed by atoms with E-state index in [0.717, 1.165) is 0 Å². The van der Waals surface area contributed by atoms with Gasteiger partial charge < -0.3 is 4.74 Å². The van der Waals surface area contributed by atoms with Gasteiger partial charge in [0.05, 0.1) is 6.61 Å². The Bertz CT molecular complexity index is 140. The van der Waals surface area contributed by atoms with Crippen molar-refractivity contribution < 1.29 is 14.3 Å². The molecule has 0 saturated heterocycles. The Labute approximate surface area is 66.7 Å². The molecule has 0 aliphatic heterocycles. The number of esters is 1. The monoisotopic (exact) mass is 157 g/mol. The minimum atomic E-state index is -0.277. The van der Waals surface area contributed by atoms with Crippen LogP contribution < -0.4 is 0 Å². The second-order valence-electron chi connectivity index (χ2n) is 2.28. The lowest BCUT2D eigenvalue weighted by molar-refractivity contribution is -0.144. The van der Waals surface area contributed by atoms with E-state index in [0.29, 0.717) is 19.3 Å². The van der Waals surface area contributed by atoms with Gasteiger partial charge in [0.1, 0.15) is 5.78 Å². The van der Waals surface area contributed by atoms with E-state index < -0.39 is 0 Å². The molecular weight excluding hydrogens is 144 g/mol. The first-order chi connectivity index (χ1) is 5.16. The van der Waals surface area contributed by atoms with Crippen LogP contribution >= 0.6 is 0 Å². The maximum absolute atomic E-state index is 10.7. The Balaban J connectivity index is 3.24. The van der Waals surface area contributed by atoms with E-state index in [1.807, 2.05) is 0 Å². The van der Waals surface area contributed by atoms with Gasteiger partial charge in [0, 0.05) is 12.8 Å². The van der Waals surface area contributed by atoms with Crippen molar-refractivity contribution in [3.8, 4) is 0 Å². The number of carbonyl (C=O) groups is 2. The molecular formula is C8H13O3. The molecule has 0 saturated carbocycles. The number of ether oxygens (including phenoxy) is 1. The molecule has 0 aliphatic carbocycles. The first kappa shape index (κ1) is 10.1. The second kappa shape index (κ2) is 5.89.